The molecule has 104 valence electrons. The number of aliphatic hydroxyl groups excluding tert-OH is 1. The van der Waals surface area contributed by atoms with Crippen LogP contribution >= 0.6 is 11.3 Å². The van der Waals surface area contributed by atoms with E-state index in [9.17, 15) is 14.7 Å². The standard InChI is InChI=1S/C12H17N3O3S/c1-7(16)13-11-14-8(5-19-11)10(18)15-4-9(17)12(2,3)6-15/h5,9,17H,4,6H2,1-3H3,(H,13,14,16). The van der Waals surface area contributed by atoms with Gasteiger partial charge < -0.3 is 15.3 Å². The van der Waals surface area contributed by atoms with Crippen LogP contribution < -0.4 is 5.32 Å². The van der Waals surface area contributed by atoms with Gasteiger partial charge in [0.15, 0.2) is 5.13 Å². The number of hydrogen-bond donors (Lipinski definition) is 2. The summed E-state index contributed by atoms with van der Waals surface area (Å²) in [4.78, 5) is 28.8. The summed E-state index contributed by atoms with van der Waals surface area (Å²) in [6.07, 6.45) is -0.523. The van der Waals surface area contributed by atoms with Crippen LogP contribution in [0, 0.1) is 5.41 Å². The summed E-state index contributed by atoms with van der Waals surface area (Å²) in [7, 11) is 0. The fourth-order valence-corrected chi connectivity index (χ4v) is 2.74. The lowest BCUT2D eigenvalue weighted by Gasteiger charge is -2.20. The van der Waals surface area contributed by atoms with Crippen LogP contribution in [-0.2, 0) is 4.79 Å². The van der Waals surface area contributed by atoms with E-state index in [0.29, 0.717) is 23.9 Å². The van der Waals surface area contributed by atoms with Crippen molar-refractivity contribution in [2.75, 3.05) is 18.4 Å². The third-order valence-corrected chi connectivity index (χ3v) is 3.94. The number of thiazole rings is 1. The van der Waals surface area contributed by atoms with Crippen molar-refractivity contribution in [3.63, 3.8) is 0 Å². The maximum Gasteiger partial charge on any atom is 0.273 e. The first-order valence-electron chi connectivity index (χ1n) is 6.00. The Labute approximate surface area is 115 Å². The molecule has 0 spiro atoms. The highest BCUT2D eigenvalue weighted by Gasteiger charge is 2.40. The van der Waals surface area contributed by atoms with Crippen molar-refractivity contribution in [3.8, 4) is 0 Å². The van der Waals surface area contributed by atoms with Crippen LogP contribution in [0.15, 0.2) is 5.38 Å². The summed E-state index contributed by atoms with van der Waals surface area (Å²) in [5.41, 5.74) is 0.00485. The fourth-order valence-electron chi connectivity index (χ4n) is 2.01. The molecule has 1 unspecified atom stereocenters. The van der Waals surface area contributed by atoms with E-state index >= 15 is 0 Å². The van der Waals surface area contributed by atoms with Gasteiger partial charge in [0.25, 0.3) is 5.91 Å². The number of β-amino-alcohol motifs (C(OH)–C–C–N with tert-alkyl or cyclic N) is 1. The number of nitrogens with one attached hydrogen (secondary N) is 1. The summed E-state index contributed by atoms with van der Waals surface area (Å²) in [5, 5.41) is 14.5. The SMILES string of the molecule is CC(=O)Nc1nc(C(=O)N2CC(O)C(C)(C)C2)cs1. The molecule has 1 aromatic heterocycles. The van der Waals surface area contributed by atoms with E-state index in [1.807, 2.05) is 13.8 Å². The number of aromatic nitrogens is 1. The average Bonchev–Trinajstić information content (AvgIpc) is 2.83. The maximum absolute atomic E-state index is 12.2. The monoisotopic (exact) mass is 283 g/mol. The van der Waals surface area contributed by atoms with Crippen molar-refractivity contribution in [3.05, 3.63) is 11.1 Å². The first-order chi connectivity index (χ1) is 8.79. The molecule has 1 aliphatic rings. The number of carbonyl (C=O) groups is 2. The van der Waals surface area contributed by atoms with Crippen molar-refractivity contribution < 1.29 is 14.7 Å². The molecule has 1 fully saturated rings. The molecule has 0 aromatic carbocycles. The smallest absolute Gasteiger partial charge is 0.273 e. The Hall–Kier alpha value is -1.47. The highest BCUT2D eigenvalue weighted by Crippen LogP contribution is 2.30. The van der Waals surface area contributed by atoms with Crippen molar-refractivity contribution in [2.45, 2.75) is 26.9 Å². The molecular formula is C12H17N3O3S. The van der Waals surface area contributed by atoms with Crippen LogP contribution in [-0.4, -0.2) is 46.0 Å². The Bertz CT molecular complexity index is 512. The lowest BCUT2D eigenvalue weighted by Crippen LogP contribution is -2.30. The molecule has 2 rings (SSSR count). The van der Waals surface area contributed by atoms with Crippen LogP contribution in [0.25, 0.3) is 0 Å². The predicted octanol–water partition coefficient (Wildman–Crippen LogP) is 0.944. The molecular weight excluding hydrogens is 266 g/mol. The summed E-state index contributed by atoms with van der Waals surface area (Å²) in [5.74, 6) is -0.427. The van der Waals surface area contributed by atoms with Crippen LogP contribution in [0.1, 0.15) is 31.3 Å². The van der Waals surface area contributed by atoms with Crippen LogP contribution in [0.2, 0.25) is 0 Å². The molecule has 2 N–H and O–H groups in total. The molecule has 2 heterocycles. The Morgan fingerprint density at radius 3 is 2.79 bits per heavy atom. The molecule has 1 aliphatic heterocycles. The topological polar surface area (TPSA) is 82.5 Å². The lowest BCUT2D eigenvalue weighted by molar-refractivity contribution is -0.114. The Morgan fingerprint density at radius 1 is 1.58 bits per heavy atom. The highest BCUT2D eigenvalue weighted by molar-refractivity contribution is 7.14. The van der Waals surface area contributed by atoms with Gasteiger partial charge >= 0.3 is 0 Å². The molecule has 1 aromatic rings. The predicted molar refractivity (Wildman–Crippen MR) is 72.1 cm³/mol. The summed E-state index contributed by atoms with van der Waals surface area (Å²) in [6.45, 7) is 6.06. The van der Waals surface area contributed by atoms with Gasteiger partial charge in [0.2, 0.25) is 5.91 Å². The number of likely N-dealkylation sites (tertiary alicyclic amines) is 1. The van der Waals surface area contributed by atoms with Crippen LogP contribution in [0.5, 0.6) is 0 Å². The van der Waals surface area contributed by atoms with Gasteiger partial charge in [-0.05, 0) is 0 Å². The van der Waals surface area contributed by atoms with E-state index in [1.165, 1.54) is 18.3 Å². The number of nitrogens with zero attached hydrogens (tertiary/aromatic N) is 2. The number of anilines is 1. The zero-order valence-corrected chi connectivity index (χ0v) is 12.0. The minimum atomic E-state index is -0.523. The summed E-state index contributed by atoms with van der Waals surface area (Å²) in [6, 6.07) is 0. The first kappa shape index (κ1) is 14.0. The van der Waals surface area contributed by atoms with E-state index in [2.05, 4.69) is 10.3 Å². The van der Waals surface area contributed by atoms with Gasteiger partial charge in [0.1, 0.15) is 5.69 Å². The number of aliphatic hydroxyl groups is 1. The van der Waals surface area contributed by atoms with Crippen LogP contribution in [0.3, 0.4) is 0 Å². The van der Waals surface area contributed by atoms with E-state index in [4.69, 9.17) is 0 Å². The van der Waals surface area contributed by atoms with E-state index in [1.54, 1.807) is 10.3 Å². The molecule has 19 heavy (non-hydrogen) atoms. The van der Waals surface area contributed by atoms with Gasteiger partial charge in [-0.15, -0.1) is 11.3 Å². The average molecular weight is 283 g/mol. The molecule has 1 atom stereocenters. The molecule has 0 aliphatic carbocycles. The quantitative estimate of drug-likeness (QED) is 0.846. The molecule has 0 radical (unpaired) electrons. The third kappa shape index (κ3) is 2.93. The van der Waals surface area contributed by atoms with Crippen molar-refractivity contribution >= 4 is 28.3 Å². The van der Waals surface area contributed by atoms with Crippen LogP contribution in [0.4, 0.5) is 5.13 Å². The molecule has 7 heteroatoms. The summed E-state index contributed by atoms with van der Waals surface area (Å²) >= 11 is 1.21. The van der Waals surface area contributed by atoms with E-state index in [-0.39, 0.29) is 17.2 Å². The zero-order chi connectivity index (χ0) is 14.2. The summed E-state index contributed by atoms with van der Waals surface area (Å²) < 4.78 is 0. The second-order valence-electron chi connectivity index (χ2n) is 5.41. The Balaban J connectivity index is 2.08. The van der Waals surface area contributed by atoms with Gasteiger partial charge in [-0.3, -0.25) is 9.59 Å². The number of hydrogen-bond acceptors (Lipinski definition) is 5. The largest absolute Gasteiger partial charge is 0.391 e. The second-order valence-corrected chi connectivity index (χ2v) is 6.27. The molecule has 6 nitrogen and oxygen atoms in total. The maximum atomic E-state index is 12.2. The number of amides is 2. The van der Waals surface area contributed by atoms with Gasteiger partial charge in [0, 0.05) is 30.8 Å². The van der Waals surface area contributed by atoms with Crippen molar-refractivity contribution in [1.29, 1.82) is 0 Å². The molecule has 2 amide bonds. The molecule has 0 bridgehead atoms. The minimum Gasteiger partial charge on any atom is -0.391 e. The van der Waals surface area contributed by atoms with E-state index < -0.39 is 6.10 Å². The number of carbonyl (C=O) groups excluding carboxylic acids is 2. The minimum absolute atomic E-state index is 0.211. The fraction of sp³-hybridized carbons (Fsp3) is 0.583. The Kier molecular flexibility index (Phi) is 3.60. The third-order valence-electron chi connectivity index (χ3n) is 3.19. The lowest BCUT2D eigenvalue weighted by atomic mass is 9.90. The Morgan fingerprint density at radius 2 is 2.26 bits per heavy atom. The normalized spacial score (nSPS) is 21.5. The van der Waals surface area contributed by atoms with Crippen molar-refractivity contribution in [1.82, 2.24) is 9.88 Å². The van der Waals surface area contributed by atoms with Gasteiger partial charge in [-0.1, -0.05) is 13.8 Å². The highest BCUT2D eigenvalue weighted by atomic mass is 32.1. The van der Waals surface area contributed by atoms with Gasteiger partial charge in [-0.25, -0.2) is 4.98 Å². The van der Waals surface area contributed by atoms with Crippen molar-refractivity contribution in [2.24, 2.45) is 5.41 Å². The van der Waals surface area contributed by atoms with E-state index in [0.717, 1.165) is 0 Å². The second kappa shape index (κ2) is 4.90. The van der Waals surface area contributed by atoms with Gasteiger partial charge in [-0.2, -0.15) is 0 Å². The molecule has 0 saturated carbocycles. The van der Waals surface area contributed by atoms with Gasteiger partial charge in [0.05, 0.1) is 6.10 Å². The first-order valence-corrected chi connectivity index (χ1v) is 6.88. The number of rotatable bonds is 2. The molecule has 1 saturated heterocycles. The zero-order valence-electron chi connectivity index (χ0n) is 11.1.